The summed E-state index contributed by atoms with van der Waals surface area (Å²) in [7, 11) is 6.20. The second kappa shape index (κ2) is 9.30. The van der Waals surface area contributed by atoms with E-state index in [1.54, 1.807) is 6.07 Å². The number of amides is 1. The van der Waals surface area contributed by atoms with Gasteiger partial charge in [0.1, 0.15) is 5.82 Å². The molecule has 0 N–H and O–H groups in total. The fourth-order valence-electron chi connectivity index (χ4n) is 3.47. The molecule has 0 aromatic heterocycles. The van der Waals surface area contributed by atoms with Crippen LogP contribution in [0.3, 0.4) is 0 Å². The number of carbonyl (C=O) groups excluding carboxylic acids is 1. The summed E-state index contributed by atoms with van der Waals surface area (Å²) < 4.78 is 13.4. The molecule has 25 heavy (non-hydrogen) atoms. The number of hydrogen-bond acceptors (Lipinski definition) is 3. The van der Waals surface area contributed by atoms with Gasteiger partial charge in [0.25, 0.3) is 0 Å². The predicted octanol–water partition coefficient (Wildman–Crippen LogP) is 2.49. The number of carbonyl (C=O) groups is 1. The van der Waals surface area contributed by atoms with Crippen LogP contribution in [0.1, 0.15) is 25.3 Å². The van der Waals surface area contributed by atoms with Crippen LogP contribution in [-0.4, -0.2) is 74.0 Å². The van der Waals surface area contributed by atoms with Gasteiger partial charge in [-0.2, -0.15) is 0 Å². The summed E-state index contributed by atoms with van der Waals surface area (Å²) in [5.41, 5.74) is 0.886. The zero-order chi connectivity index (χ0) is 18.4. The Kier molecular flexibility index (Phi) is 7.38. The van der Waals surface area contributed by atoms with E-state index >= 15 is 0 Å². The number of likely N-dealkylation sites (N-methyl/N-ethyl adjacent to an activating group) is 1. The quantitative estimate of drug-likeness (QED) is 0.757. The van der Waals surface area contributed by atoms with Crippen LogP contribution < -0.4 is 0 Å². The van der Waals surface area contributed by atoms with Gasteiger partial charge in [0.15, 0.2) is 0 Å². The summed E-state index contributed by atoms with van der Waals surface area (Å²) in [6.07, 6.45) is 2.65. The highest BCUT2D eigenvalue weighted by Crippen LogP contribution is 2.20. The normalized spacial score (nSPS) is 17.7. The number of benzene rings is 1. The first kappa shape index (κ1) is 19.9. The van der Waals surface area contributed by atoms with Crippen molar-refractivity contribution in [3.63, 3.8) is 0 Å². The van der Waals surface area contributed by atoms with Crippen LogP contribution in [0.15, 0.2) is 24.3 Å². The predicted molar refractivity (Wildman–Crippen MR) is 100 cm³/mol. The summed E-state index contributed by atoms with van der Waals surface area (Å²) in [4.78, 5) is 19.6. The van der Waals surface area contributed by atoms with Crippen LogP contribution in [-0.2, 0) is 11.2 Å². The number of halogens is 1. The van der Waals surface area contributed by atoms with Crippen molar-refractivity contribution < 1.29 is 9.18 Å². The van der Waals surface area contributed by atoms with Gasteiger partial charge in [-0.15, -0.1) is 0 Å². The third-order valence-corrected chi connectivity index (χ3v) is 5.05. The molecule has 0 bridgehead atoms. The molecule has 0 saturated carbocycles. The third kappa shape index (κ3) is 6.08. The lowest BCUT2D eigenvalue weighted by Gasteiger charge is -2.39. The highest BCUT2D eigenvalue weighted by molar-refractivity contribution is 5.79. The van der Waals surface area contributed by atoms with Gasteiger partial charge in [-0.3, -0.25) is 4.79 Å². The second-order valence-corrected chi connectivity index (χ2v) is 7.60. The lowest BCUT2D eigenvalue weighted by atomic mass is 9.96. The van der Waals surface area contributed by atoms with E-state index in [1.807, 2.05) is 27.1 Å². The molecule has 1 aromatic carbocycles. The van der Waals surface area contributed by atoms with Gasteiger partial charge in [0, 0.05) is 25.0 Å². The maximum Gasteiger partial charge on any atom is 0.226 e. The minimum absolute atomic E-state index is 0.136. The van der Waals surface area contributed by atoms with E-state index in [2.05, 4.69) is 21.7 Å². The van der Waals surface area contributed by atoms with Crippen molar-refractivity contribution in [1.82, 2.24) is 14.7 Å². The lowest BCUT2D eigenvalue weighted by molar-refractivity contribution is -0.138. The van der Waals surface area contributed by atoms with E-state index in [0.717, 1.165) is 44.6 Å². The average molecular weight is 349 g/mol. The molecular formula is C20H32FN3O. The van der Waals surface area contributed by atoms with Crippen LogP contribution in [0.25, 0.3) is 0 Å². The van der Waals surface area contributed by atoms with Crippen LogP contribution in [0.4, 0.5) is 4.39 Å². The molecule has 0 unspecified atom stereocenters. The first-order valence-corrected chi connectivity index (χ1v) is 9.25. The van der Waals surface area contributed by atoms with E-state index in [9.17, 15) is 9.18 Å². The van der Waals surface area contributed by atoms with Gasteiger partial charge in [-0.25, -0.2) is 4.39 Å². The smallest absolute Gasteiger partial charge is 0.226 e. The summed E-state index contributed by atoms with van der Waals surface area (Å²) >= 11 is 0. The Morgan fingerprint density at radius 1 is 1.28 bits per heavy atom. The Labute approximate surface area is 151 Å². The molecule has 1 fully saturated rings. The summed E-state index contributed by atoms with van der Waals surface area (Å²) in [6, 6.07) is 6.90. The Bertz CT molecular complexity index is 556. The van der Waals surface area contributed by atoms with E-state index in [4.69, 9.17) is 0 Å². The SMILES string of the molecule is C[C@@H](Cc1cccc(F)c1)C(=O)N(CCN(C)C)C1CCN(C)CC1. The first-order chi connectivity index (χ1) is 11.9. The molecule has 0 radical (unpaired) electrons. The molecule has 140 valence electrons. The molecule has 2 rings (SSSR count). The van der Waals surface area contributed by atoms with Crippen molar-refractivity contribution in [2.24, 2.45) is 5.92 Å². The van der Waals surface area contributed by atoms with E-state index in [0.29, 0.717) is 12.5 Å². The molecule has 1 aromatic rings. The Hall–Kier alpha value is -1.46. The van der Waals surface area contributed by atoms with E-state index < -0.39 is 0 Å². The molecule has 1 saturated heterocycles. The highest BCUT2D eigenvalue weighted by atomic mass is 19.1. The zero-order valence-corrected chi connectivity index (χ0v) is 16.0. The monoisotopic (exact) mass is 349 g/mol. The summed E-state index contributed by atoms with van der Waals surface area (Å²) in [6.45, 7) is 5.66. The molecule has 1 atom stereocenters. The van der Waals surface area contributed by atoms with Crippen molar-refractivity contribution in [2.45, 2.75) is 32.2 Å². The lowest BCUT2D eigenvalue weighted by Crippen LogP contribution is -2.50. The number of likely N-dealkylation sites (tertiary alicyclic amines) is 1. The van der Waals surface area contributed by atoms with Crippen molar-refractivity contribution in [3.05, 3.63) is 35.6 Å². The highest BCUT2D eigenvalue weighted by Gasteiger charge is 2.29. The van der Waals surface area contributed by atoms with Gasteiger partial charge < -0.3 is 14.7 Å². The Balaban J connectivity index is 2.04. The Morgan fingerprint density at radius 3 is 2.56 bits per heavy atom. The fraction of sp³-hybridized carbons (Fsp3) is 0.650. The zero-order valence-electron chi connectivity index (χ0n) is 16.0. The maximum atomic E-state index is 13.4. The standard InChI is InChI=1S/C20H32FN3O/c1-16(14-17-6-5-7-18(21)15-17)20(25)24(13-12-22(2)3)19-8-10-23(4)11-9-19/h5-7,15-16,19H,8-14H2,1-4H3/t16-/m0/s1. The van der Waals surface area contributed by atoms with Crippen LogP contribution in [0.2, 0.25) is 0 Å². The van der Waals surface area contributed by atoms with Crippen LogP contribution >= 0.6 is 0 Å². The molecule has 1 heterocycles. The number of nitrogens with zero attached hydrogens (tertiary/aromatic N) is 3. The van der Waals surface area contributed by atoms with Gasteiger partial charge in [0.2, 0.25) is 5.91 Å². The minimum Gasteiger partial charge on any atom is -0.338 e. The molecule has 5 heteroatoms. The topological polar surface area (TPSA) is 26.8 Å². The summed E-state index contributed by atoms with van der Waals surface area (Å²) in [5, 5.41) is 0. The molecule has 0 spiro atoms. The van der Waals surface area contributed by atoms with Crippen LogP contribution in [0, 0.1) is 11.7 Å². The fourth-order valence-corrected chi connectivity index (χ4v) is 3.47. The number of rotatable bonds is 7. The largest absolute Gasteiger partial charge is 0.338 e. The molecule has 1 aliphatic heterocycles. The van der Waals surface area contributed by atoms with Crippen molar-refractivity contribution >= 4 is 5.91 Å². The van der Waals surface area contributed by atoms with E-state index in [-0.39, 0.29) is 17.6 Å². The average Bonchev–Trinajstić information content (AvgIpc) is 2.56. The van der Waals surface area contributed by atoms with Gasteiger partial charge in [-0.05, 0) is 71.2 Å². The molecule has 4 nitrogen and oxygen atoms in total. The number of piperidine rings is 1. The number of hydrogen-bond donors (Lipinski definition) is 0. The summed E-state index contributed by atoms with van der Waals surface area (Å²) in [5.74, 6) is -0.179. The third-order valence-electron chi connectivity index (χ3n) is 5.05. The molecule has 0 aliphatic carbocycles. The second-order valence-electron chi connectivity index (χ2n) is 7.60. The molecule has 1 amide bonds. The van der Waals surface area contributed by atoms with Gasteiger partial charge in [0.05, 0.1) is 0 Å². The molecular weight excluding hydrogens is 317 g/mol. The molecule has 1 aliphatic rings. The van der Waals surface area contributed by atoms with Gasteiger partial charge >= 0.3 is 0 Å². The van der Waals surface area contributed by atoms with Crippen molar-refractivity contribution in [2.75, 3.05) is 47.3 Å². The van der Waals surface area contributed by atoms with Gasteiger partial charge in [-0.1, -0.05) is 19.1 Å². The van der Waals surface area contributed by atoms with Crippen LogP contribution in [0.5, 0.6) is 0 Å². The van der Waals surface area contributed by atoms with E-state index in [1.165, 1.54) is 12.1 Å². The van der Waals surface area contributed by atoms with Crippen molar-refractivity contribution in [1.29, 1.82) is 0 Å². The minimum atomic E-state index is -0.239. The van der Waals surface area contributed by atoms with Crippen molar-refractivity contribution in [3.8, 4) is 0 Å². The Morgan fingerprint density at radius 2 is 1.96 bits per heavy atom. The first-order valence-electron chi connectivity index (χ1n) is 9.25. The maximum absolute atomic E-state index is 13.4.